The van der Waals surface area contributed by atoms with Gasteiger partial charge in [0.1, 0.15) is 5.25 Å². The first-order chi connectivity index (χ1) is 9.81. The van der Waals surface area contributed by atoms with Crippen LogP contribution in [-0.4, -0.2) is 26.9 Å². The van der Waals surface area contributed by atoms with Crippen molar-refractivity contribution >= 4 is 26.0 Å². The first-order valence-corrected chi connectivity index (χ1v) is 9.51. The van der Waals surface area contributed by atoms with Gasteiger partial charge in [-0.1, -0.05) is 41.9 Å². The molecule has 0 bridgehead atoms. The second-order valence-electron chi connectivity index (χ2n) is 6.55. The zero-order chi connectivity index (χ0) is 15.3. The highest BCUT2D eigenvalue weighted by Gasteiger charge is 2.43. The number of ether oxygens (including phenoxy) is 1. The molecule has 0 saturated carbocycles. The van der Waals surface area contributed by atoms with Crippen LogP contribution < -0.4 is 4.72 Å². The molecule has 3 rings (SSSR count). The highest BCUT2D eigenvalue weighted by atomic mass is 79.9. The Morgan fingerprint density at radius 1 is 1.38 bits per heavy atom. The summed E-state index contributed by atoms with van der Waals surface area (Å²) in [6, 6.07) is 5.81. The molecule has 0 radical (unpaired) electrons. The molecule has 1 aliphatic heterocycles. The van der Waals surface area contributed by atoms with Crippen molar-refractivity contribution in [3.63, 3.8) is 0 Å². The number of fused-ring (bicyclic) bond motifs is 1. The van der Waals surface area contributed by atoms with E-state index in [1.54, 1.807) is 0 Å². The molecule has 2 aliphatic rings. The van der Waals surface area contributed by atoms with Gasteiger partial charge in [0.2, 0.25) is 10.0 Å². The lowest BCUT2D eigenvalue weighted by molar-refractivity contribution is 0.198. The summed E-state index contributed by atoms with van der Waals surface area (Å²) in [5.74, 6) is 0. The van der Waals surface area contributed by atoms with Crippen molar-refractivity contribution in [2.75, 3.05) is 13.2 Å². The molecule has 1 saturated heterocycles. The van der Waals surface area contributed by atoms with Crippen molar-refractivity contribution < 1.29 is 13.2 Å². The summed E-state index contributed by atoms with van der Waals surface area (Å²) in [6.07, 6.45) is 1.44. The first-order valence-electron chi connectivity index (χ1n) is 7.17. The van der Waals surface area contributed by atoms with Crippen LogP contribution >= 0.6 is 15.9 Å². The molecule has 4 nitrogen and oxygen atoms in total. The average molecular weight is 374 g/mol. The minimum atomic E-state index is -3.36. The maximum atomic E-state index is 12.6. The smallest absolute Gasteiger partial charge is 0.217 e. The maximum Gasteiger partial charge on any atom is 0.217 e. The fourth-order valence-electron chi connectivity index (χ4n) is 3.25. The number of halogens is 1. The van der Waals surface area contributed by atoms with E-state index in [9.17, 15) is 8.42 Å². The lowest BCUT2D eigenvalue weighted by Crippen LogP contribution is -2.41. The Kier molecular flexibility index (Phi) is 3.93. The van der Waals surface area contributed by atoms with Crippen LogP contribution in [0.5, 0.6) is 0 Å². The Morgan fingerprint density at radius 3 is 2.81 bits per heavy atom. The van der Waals surface area contributed by atoms with Gasteiger partial charge in [-0.2, -0.15) is 0 Å². The lowest BCUT2D eigenvalue weighted by atomic mass is 9.86. The van der Waals surface area contributed by atoms with Crippen LogP contribution in [0, 0.1) is 5.41 Å². The van der Waals surface area contributed by atoms with Gasteiger partial charge in [0.05, 0.1) is 12.6 Å². The van der Waals surface area contributed by atoms with Crippen molar-refractivity contribution in [1.82, 2.24) is 4.72 Å². The molecule has 1 heterocycles. The SMILES string of the molecule is CC1(C)Cc2c(Br)cccc2C1NS(=O)(=O)C1CCOC1. The summed E-state index contributed by atoms with van der Waals surface area (Å²) in [5, 5.41) is -0.426. The molecule has 0 amide bonds. The average Bonchev–Trinajstić information content (AvgIpc) is 3.00. The summed E-state index contributed by atoms with van der Waals surface area (Å²) >= 11 is 3.58. The maximum absolute atomic E-state index is 12.6. The number of hydrogen-bond donors (Lipinski definition) is 1. The highest BCUT2D eigenvalue weighted by Crippen LogP contribution is 2.47. The Morgan fingerprint density at radius 2 is 2.14 bits per heavy atom. The van der Waals surface area contributed by atoms with Gasteiger partial charge in [-0.15, -0.1) is 0 Å². The van der Waals surface area contributed by atoms with Gasteiger partial charge in [-0.05, 0) is 35.4 Å². The van der Waals surface area contributed by atoms with E-state index in [0.717, 1.165) is 16.5 Å². The third kappa shape index (κ3) is 2.79. The quantitative estimate of drug-likeness (QED) is 0.885. The van der Waals surface area contributed by atoms with E-state index in [0.29, 0.717) is 19.6 Å². The molecule has 21 heavy (non-hydrogen) atoms. The largest absolute Gasteiger partial charge is 0.380 e. The molecule has 6 heteroatoms. The summed E-state index contributed by atoms with van der Waals surface area (Å²) < 4.78 is 34.4. The number of benzene rings is 1. The predicted octanol–water partition coefficient (Wildman–Crippen LogP) is 2.78. The minimum absolute atomic E-state index is 0.140. The standard InChI is InChI=1S/C15H20BrNO3S/c1-15(2)8-12-11(4-3-5-13(12)16)14(15)17-21(18,19)10-6-7-20-9-10/h3-5,10,14,17H,6-9H2,1-2H3. The Bertz CT molecular complexity index is 651. The van der Waals surface area contributed by atoms with Crippen LogP contribution in [0.25, 0.3) is 0 Å². The van der Waals surface area contributed by atoms with Crippen molar-refractivity contribution in [2.45, 2.75) is 38.0 Å². The summed E-state index contributed by atoms with van der Waals surface area (Å²) in [7, 11) is -3.36. The van der Waals surface area contributed by atoms with Gasteiger partial charge in [0.25, 0.3) is 0 Å². The van der Waals surface area contributed by atoms with Gasteiger partial charge in [0.15, 0.2) is 0 Å². The molecular formula is C15H20BrNO3S. The van der Waals surface area contributed by atoms with Crippen LogP contribution in [0.15, 0.2) is 22.7 Å². The number of hydrogen-bond acceptors (Lipinski definition) is 3. The fraction of sp³-hybridized carbons (Fsp3) is 0.600. The monoisotopic (exact) mass is 373 g/mol. The van der Waals surface area contributed by atoms with Crippen molar-refractivity contribution in [2.24, 2.45) is 5.41 Å². The molecule has 1 aromatic carbocycles. The molecule has 1 aliphatic carbocycles. The van der Waals surface area contributed by atoms with Gasteiger partial charge in [0, 0.05) is 11.1 Å². The Labute approximate surface area is 134 Å². The van der Waals surface area contributed by atoms with Crippen molar-refractivity contribution in [3.8, 4) is 0 Å². The minimum Gasteiger partial charge on any atom is -0.380 e. The van der Waals surface area contributed by atoms with Crippen molar-refractivity contribution in [3.05, 3.63) is 33.8 Å². The molecule has 116 valence electrons. The molecule has 1 aromatic rings. The third-order valence-corrected chi connectivity index (χ3v) is 7.05. The second-order valence-corrected chi connectivity index (χ2v) is 9.40. The summed E-state index contributed by atoms with van der Waals surface area (Å²) in [5.41, 5.74) is 2.15. The molecule has 0 aromatic heterocycles. The fourth-order valence-corrected chi connectivity index (χ4v) is 5.42. The van der Waals surface area contributed by atoms with Crippen molar-refractivity contribution in [1.29, 1.82) is 0 Å². The predicted molar refractivity (Wildman–Crippen MR) is 85.6 cm³/mol. The highest BCUT2D eigenvalue weighted by molar-refractivity contribution is 9.10. The van der Waals surface area contributed by atoms with Gasteiger partial charge >= 0.3 is 0 Å². The molecule has 1 N–H and O–H groups in total. The van der Waals surface area contributed by atoms with Crippen LogP contribution in [0.3, 0.4) is 0 Å². The van der Waals surface area contributed by atoms with Crippen LogP contribution in [0.4, 0.5) is 0 Å². The van der Waals surface area contributed by atoms with Crippen LogP contribution in [-0.2, 0) is 21.2 Å². The van der Waals surface area contributed by atoms with E-state index < -0.39 is 15.3 Å². The molecule has 0 spiro atoms. The van der Waals surface area contributed by atoms with Gasteiger partial charge < -0.3 is 4.74 Å². The van der Waals surface area contributed by atoms with E-state index in [2.05, 4.69) is 34.5 Å². The molecule has 2 atom stereocenters. The first kappa shape index (κ1) is 15.5. The van der Waals surface area contributed by atoms with Crippen LogP contribution in [0.2, 0.25) is 0 Å². The Balaban J connectivity index is 1.93. The van der Waals surface area contributed by atoms with E-state index >= 15 is 0 Å². The zero-order valence-electron chi connectivity index (χ0n) is 12.2. The third-order valence-electron chi connectivity index (χ3n) is 4.49. The van der Waals surface area contributed by atoms with E-state index in [4.69, 9.17) is 4.74 Å². The summed E-state index contributed by atoms with van der Waals surface area (Å²) in [4.78, 5) is 0. The topological polar surface area (TPSA) is 55.4 Å². The molecule has 2 unspecified atom stereocenters. The normalized spacial score (nSPS) is 27.8. The van der Waals surface area contributed by atoms with E-state index in [-0.39, 0.29) is 11.5 Å². The zero-order valence-corrected chi connectivity index (χ0v) is 14.6. The van der Waals surface area contributed by atoms with Gasteiger partial charge in [-0.25, -0.2) is 13.1 Å². The second kappa shape index (κ2) is 5.33. The van der Waals surface area contributed by atoms with E-state index in [1.165, 1.54) is 5.56 Å². The number of rotatable bonds is 3. The number of sulfonamides is 1. The number of nitrogens with one attached hydrogen (secondary N) is 1. The Hall–Kier alpha value is -0.430. The lowest BCUT2D eigenvalue weighted by Gasteiger charge is -2.29. The van der Waals surface area contributed by atoms with E-state index in [1.807, 2.05) is 18.2 Å². The van der Waals surface area contributed by atoms with Gasteiger partial charge in [-0.3, -0.25) is 0 Å². The molecule has 1 fully saturated rings. The molecular weight excluding hydrogens is 354 g/mol. The van der Waals surface area contributed by atoms with Crippen LogP contribution in [0.1, 0.15) is 37.4 Å². The summed E-state index contributed by atoms with van der Waals surface area (Å²) in [6.45, 7) is 5.05.